The number of thioether (sulfide) groups is 1. The van der Waals surface area contributed by atoms with Crippen molar-refractivity contribution in [2.24, 2.45) is 17.6 Å². The fraction of sp³-hybridized carbons (Fsp3) is 0.629. The number of carbonyl (C=O) groups excluding carboxylic acids is 6. The third-order valence-corrected chi connectivity index (χ3v) is 8.96. The zero-order valence-electron chi connectivity index (χ0n) is 31.1. The van der Waals surface area contributed by atoms with Crippen LogP contribution in [0.2, 0.25) is 0 Å². The monoisotopic (exact) mass is 751 g/mol. The number of amides is 6. The molecule has 1 rings (SSSR count). The molecule has 292 valence electrons. The summed E-state index contributed by atoms with van der Waals surface area (Å²) >= 11 is 1.48. The molecule has 10 N–H and O–H groups in total. The summed E-state index contributed by atoms with van der Waals surface area (Å²) in [6.07, 6.45) is 3.01. The van der Waals surface area contributed by atoms with Gasteiger partial charge in [-0.05, 0) is 56.1 Å². The van der Waals surface area contributed by atoms with E-state index in [1.165, 1.54) is 25.6 Å². The van der Waals surface area contributed by atoms with Crippen LogP contribution in [-0.2, 0) is 40.0 Å². The van der Waals surface area contributed by atoms with Crippen LogP contribution < -0.4 is 37.6 Å². The van der Waals surface area contributed by atoms with Gasteiger partial charge in [-0.3, -0.25) is 33.6 Å². The summed E-state index contributed by atoms with van der Waals surface area (Å²) in [4.78, 5) is 90.3. The molecule has 0 saturated carbocycles. The van der Waals surface area contributed by atoms with Gasteiger partial charge in [0.25, 0.3) is 0 Å². The SMILES string of the molecule is CC[C@H](C)[C@H](NC(=O)[C@H](Cc1ccccc1)NC(=O)[C@H](CCSC)NC(=O)[C@@H](N)CC(C)C)C(=O)N[C@@H](CO)C(=O)N[C@@H](C)C(=O)N[C@@H](C)C(=O)O. The van der Waals surface area contributed by atoms with Crippen molar-refractivity contribution >= 4 is 53.2 Å². The van der Waals surface area contributed by atoms with Gasteiger partial charge >= 0.3 is 5.97 Å². The first-order chi connectivity index (χ1) is 24.4. The summed E-state index contributed by atoms with van der Waals surface area (Å²) < 4.78 is 0. The molecule has 1 aromatic carbocycles. The van der Waals surface area contributed by atoms with E-state index in [1.807, 2.05) is 20.1 Å². The van der Waals surface area contributed by atoms with E-state index in [1.54, 1.807) is 44.2 Å². The number of benzene rings is 1. The van der Waals surface area contributed by atoms with Gasteiger partial charge in [-0.2, -0.15) is 11.8 Å². The van der Waals surface area contributed by atoms with Gasteiger partial charge in [0.1, 0.15) is 36.3 Å². The molecule has 0 aromatic heterocycles. The van der Waals surface area contributed by atoms with E-state index in [9.17, 15) is 38.7 Å². The van der Waals surface area contributed by atoms with Gasteiger partial charge in [0.05, 0.1) is 12.6 Å². The smallest absolute Gasteiger partial charge is 0.325 e. The molecule has 0 heterocycles. The molecule has 0 radical (unpaired) electrons. The van der Waals surface area contributed by atoms with Gasteiger partial charge < -0.3 is 47.8 Å². The summed E-state index contributed by atoms with van der Waals surface area (Å²) in [5, 5.41) is 34.1. The Hall–Kier alpha value is -4.22. The van der Waals surface area contributed by atoms with Crippen LogP contribution in [0.5, 0.6) is 0 Å². The zero-order chi connectivity index (χ0) is 39.5. The average molecular weight is 752 g/mol. The van der Waals surface area contributed by atoms with E-state index in [0.717, 1.165) is 0 Å². The molecular weight excluding hydrogens is 694 g/mol. The van der Waals surface area contributed by atoms with E-state index < -0.39 is 96.2 Å². The summed E-state index contributed by atoms with van der Waals surface area (Å²) in [5.41, 5.74) is 6.78. The predicted molar refractivity (Wildman–Crippen MR) is 198 cm³/mol. The second kappa shape index (κ2) is 23.4. The maximum atomic E-state index is 13.9. The molecule has 17 heteroatoms. The van der Waals surface area contributed by atoms with E-state index in [4.69, 9.17) is 10.8 Å². The number of aliphatic hydroxyl groups is 1. The molecule has 0 aliphatic carbocycles. The van der Waals surface area contributed by atoms with Gasteiger partial charge in [-0.1, -0.05) is 64.4 Å². The molecule has 0 fully saturated rings. The molecule has 16 nitrogen and oxygen atoms in total. The van der Waals surface area contributed by atoms with Crippen LogP contribution in [0.15, 0.2) is 30.3 Å². The lowest BCUT2D eigenvalue weighted by atomic mass is 9.96. The molecular formula is C35H57N7O9S. The van der Waals surface area contributed by atoms with Crippen LogP contribution in [0, 0.1) is 11.8 Å². The Balaban J connectivity index is 3.24. The van der Waals surface area contributed by atoms with Crippen LogP contribution in [0.3, 0.4) is 0 Å². The van der Waals surface area contributed by atoms with Crippen molar-refractivity contribution < 1.29 is 43.8 Å². The molecule has 0 aliphatic heterocycles. The minimum absolute atomic E-state index is 0.0471. The Labute approximate surface area is 309 Å². The third-order valence-electron chi connectivity index (χ3n) is 8.31. The highest BCUT2D eigenvalue weighted by Crippen LogP contribution is 2.12. The lowest BCUT2D eigenvalue weighted by Crippen LogP contribution is -2.61. The lowest BCUT2D eigenvalue weighted by Gasteiger charge is -2.29. The number of hydrogen-bond acceptors (Lipinski definition) is 10. The Morgan fingerprint density at radius 1 is 0.712 bits per heavy atom. The van der Waals surface area contributed by atoms with Crippen LogP contribution in [0.4, 0.5) is 0 Å². The highest BCUT2D eigenvalue weighted by molar-refractivity contribution is 7.98. The summed E-state index contributed by atoms with van der Waals surface area (Å²) in [7, 11) is 0. The van der Waals surface area contributed by atoms with Crippen molar-refractivity contribution in [3.05, 3.63) is 35.9 Å². The van der Waals surface area contributed by atoms with Crippen molar-refractivity contribution in [2.75, 3.05) is 18.6 Å². The molecule has 6 amide bonds. The van der Waals surface area contributed by atoms with E-state index in [-0.39, 0.29) is 18.8 Å². The third kappa shape index (κ3) is 16.0. The molecule has 0 bridgehead atoms. The molecule has 0 saturated heterocycles. The fourth-order valence-corrected chi connectivity index (χ4v) is 5.39. The van der Waals surface area contributed by atoms with E-state index >= 15 is 0 Å². The van der Waals surface area contributed by atoms with Crippen molar-refractivity contribution in [1.82, 2.24) is 31.9 Å². The molecule has 0 aliphatic rings. The van der Waals surface area contributed by atoms with E-state index in [2.05, 4.69) is 31.9 Å². The van der Waals surface area contributed by atoms with Crippen molar-refractivity contribution in [3.63, 3.8) is 0 Å². The number of aliphatic carboxylic acids is 1. The predicted octanol–water partition coefficient (Wildman–Crippen LogP) is -0.573. The van der Waals surface area contributed by atoms with Gasteiger partial charge in [0.15, 0.2) is 0 Å². The maximum absolute atomic E-state index is 13.9. The molecule has 1 aromatic rings. The molecule has 52 heavy (non-hydrogen) atoms. The van der Waals surface area contributed by atoms with Crippen LogP contribution >= 0.6 is 11.8 Å². The van der Waals surface area contributed by atoms with E-state index in [0.29, 0.717) is 24.2 Å². The quantitative estimate of drug-likeness (QED) is 0.0684. The molecule has 0 spiro atoms. The minimum atomic E-state index is -1.52. The highest BCUT2D eigenvalue weighted by atomic mass is 32.2. The number of nitrogens with one attached hydrogen (secondary N) is 6. The second-order valence-corrected chi connectivity index (χ2v) is 14.2. The van der Waals surface area contributed by atoms with Gasteiger partial charge in [-0.15, -0.1) is 0 Å². The molecule has 8 atom stereocenters. The fourth-order valence-electron chi connectivity index (χ4n) is 4.92. The number of hydrogen-bond donors (Lipinski definition) is 9. The Kier molecular flexibility index (Phi) is 20.6. The number of nitrogens with two attached hydrogens (primary N) is 1. The summed E-state index contributed by atoms with van der Waals surface area (Å²) in [5.74, 6) is -5.37. The summed E-state index contributed by atoms with van der Waals surface area (Å²) in [6, 6.07) is 0.738. The number of carboxylic acids is 1. The normalized spacial score (nSPS) is 15.7. The average Bonchev–Trinajstić information content (AvgIpc) is 3.09. The van der Waals surface area contributed by atoms with Crippen molar-refractivity contribution in [2.45, 2.75) is 110 Å². The standard InChI is InChI=1S/C35H57N7O9S/c1-8-20(4)28(34(49)41-27(18-43)33(48)37-21(5)29(44)38-22(6)35(50)51)42-32(47)26(17-23-12-10-9-11-13-23)40-31(46)25(14-15-52-7)39-30(45)24(36)16-19(2)3/h9-13,19-22,24-28,43H,8,14-18,36H2,1-7H3,(H,37,48)(H,38,44)(H,39,45)(H,40,46)(H,41,49)(H,42,47)(H,50,51)/t20-,21-,22-,24-,25-,26-,27-,28-/m0/s1. The first-order valence-corrected chi connectivity index (χ1v) is 18.8. The summed E-state index contributed by atoms with van der Waals surface area (Å²) in [6.45, 7) is 9.05. The van der Waals surface area contributed by atoms with Crippen molar-refractivity contribution in [1.29, 1.82) is 0 Å². The first-order valence-electron chi connectivity index (χ1n) is 17.4. The van der Waals surface area contributed by atoms with Crippen LogP contribution in [0.1, 0.15) is 66.4 Å². The topological polar surface area (TPSA) is 258 Å². The minimum Gasteiger partial charge on any atom is -0.480 e. The van der Waals surface area contributed by atoms with Crippen LogP contribution in [0.25, 0.3) is 0 Å². The highest BCUT2D eigenvalue weighted by Gasteiger charge is 2.34. The van der Waals surface area contributed by atoms with Crippen molar-refractivity contribution in [3.8, 4) is 0 Å². The van der Waals surface area contributed by atoms with Gasteiger partial charge in [0, 0.05) is 6.42 Å². The Morgan fingerprint density at radius 3 is 1.79 bits per heavy atom. The number of carboxylic acid groups (broad SMARTS) is 1. The van der Waals surface area contributed by atoms with Gasteiger partial charge in [0.2, 0.25) is 35.4 Å². The first kappa shape index (κ1) is 45.8. The number of rotatable bonds is 23. The molecule has 0 unspecified atom stereocenters. The number of aliphatic hydroxyl groups excluding tert-OH is 1. The Bertz CT molecular complexity index is 1350. The Morgan fingerprint density at radius 2 is 1.25 bits per heavy atom. The zero-order valence-corrected chi connectivity index (χ0v) is 31.9. The lowest BCUT2D eigenvalue weighted by molar-refractivity contribution is -0.141. The maximum Gasteiger partial charge on any atom is 0.325 e. The number of carbonyl (C=O) groups is 7. The van der Waals surface area contributed by atoms with Gasteiger partial charge in [-0.25, -0.2) is 0 Å². The second-order valence-electron chi connectivity index (χ2n) is 13.2. The largest absolute Gasteiger partial charge is 0.480 e. The van der Waals surface area contributed by atoms with Crippen LogP contribution in [-0.4, -0.2) is 113 Å².